The van der Waals surface area contributed by atoms with Crippen LogP contribution in [0.5, 0.6) is 11.5 Å². The summed E-state index contributed by atoms with van der Waals surface area (Å²) < 4.78 is 17.1. The Labute approximate surface area is 137 Å². The first kappa shape index (κ1) is 16.1. The van der Waals surface area contributed by atoms with Crippen LogP contribution in [0.1, 0.15) is 26.7 Å². The first-order valence-electron chi connectivity index (χ1n) is 8.28. The predicted molar refractivity (Wildman–Crippen MR) is 86.8 cm³/mol. The molecule has 0 spiro atoms. The van der Waals surface area contributed by atoms with E-state index in [0.29, 0.717) is 13.2 Å². The lowest BCUT2D eigenvalue weighted by molar-refractivity contribution is -0.145. The first-order valence-corrected chi connectivity index (χ1v) is 8.28. The number of hydrogen-bond acceptors (Lipinski definition) is 5. The number of rotatable bonds is 4. The van der Waals surface area contributed by atoms with E-state index < -0.39 is 0 Å². The second-order valence-electron chi connectivity index (χ2n) is 6.93. The number of ether oxygens (including phenoxy) is 3. The maximum absolute atomic E-state index is 11.1. The molecule has 0 radical (unpaired) electrons. The van der Waals surface area contributed by atoms with E-state index in [9.17, 15) is 4.79 Å². The zero-order valence-electron chi connectivity index (χ0n) is 13.9. The predicted octanol–water partition coefficient (Wildman–Crippen LogP) is 2.49. The van der Waals surface area contributed by atoms with Crippen LogP contribution in [-0.2, 0) is 9.53 Å². The highest BCUT2D eigenvalue weighted by Crippen LogP contribution is 2.33. The number of hydrogen-bond donors (Lipinski definition) is 0. The summed E-state index contributed by atoms with van der Waals surface area (Å²) in [6, 6.07) is 7.79. The zero-order chi connectivity index (χ0) is 16.3. The molecule has 5 nitrogen and oxygen atoms in total. The van der Waals surface area contributed by atoms with Gasteiger partial charge in [0.15, 0.2) is 11.5 Å². The molecule has 2 heterocycles. The van der Waals surface area contributed by atoms with Crippen LogP contribution in [0, 0.1) is 5.41 Å². The van der Waals surface area contributed by atoms with Gasteiger partial charge in [0.1, 0.15) is 12.7 Å². The number of carbonyl (C=O) groups is 1. The van der Waals surface area contributed by atoms with Crippen LogP contribution in [0.15, 0.2) is 24.3 Å². The van der Waals surface area contributed by atoms with Crippen LogP contribution < -0.4 is 9.47 Å². The fourth-order valence-electron chi connectivity index (χ4n) is 3.42. The Morgan fingerprint density at radius 1 is 1.39 bits per heavy atom. The van der Waals surface area contributed by atoms with Gasteiger partial charge in [-0.15, -0.1) is 0 Å². The van der Waals surface area contributed by atoms with Crippen molar-refractivity contribution in [2.75, 3.05) is 32.8 Å². The Kier molecular flexibility index (Phi) is 4.76. The third-order valence-electron chi connectivity index (χ3n) is 4.51. The number of benzene rings is 1. The average molecular weight is 319 g/mol. The van der Waals surface area contributed by atoms with E-state index in [1.807, 2.05) is 24.3 Å². The Morgan fingerprint density at radius 3 is 2.96 bits per heavy atom. The van der Waals surface area contributed by atoms with Crippen molar-refractivity contribution in [1.82, 2.24) is 4.90 Å². The summed E-state index contributed by atoms with van der Waals surface area (Å²) in [7, 11) is 0. The molecule has 2 atom stereocenters. The molecule has 2 aliphatic heterocycles. The lowest BCUT2D eigenvalue weighted by Crippen LogP contribution is -2.49. The maximum Gasteiger partial charge on any atom is 0.302 e. The topological polar surface area (TPSA) is 48.0 Å². The molecule has 0 bridgehead atoms. The van der Waals surface area contributed by atoms with Gasteiger partial charge >= 0.3 is 5.97 Å². The van der Waals surface area contributed by atoms with Crippen LogP contribution in [-0.4, -0.2) is 49.8 Å². The molecule has 2 unspecified atom stereocenters. The number of para-hydroxylation sites is 2. The number of fused-ring (bicyclic) bond motifs is 1. The Morgan fingerprint density at radius 2 is 2.17 bits per heavy atom. The van der Waals surface area contributed by atoms with Crippen molar-refractivity contribution < 1.29 is 19.0 Å². The van der Waals surface area contributed by atoms with Crippen molar-refractivity contribution in [2.24, 2.45) is 5.41 Å². The third-order valence-corrected chi connectivity index (χ3v) is 4.51. The minimum Gasteiger partial charge on any atom is -0.486 e. The summed E-state index contributed by atoms with van der Waals surface area (Å²) in [5, 5.41) is 0. The molecule has 2 aliphatic rings. The van der Waals surface area contributed by atoms with E-state index in [1.54, 1.807) is 0 Å². The molecule has 3 rings (SSSR count). The molecular formula is C18H25NO4. The Bertz CT molecular complexity index is 562. The highest BCUT2D eigenvalue weighted by molar-refractivity contribution is 5.65. The largest absolute Gasteiger partial charge is 0.486 e. The molecule has 1 fully saturated rings. The van der Waals surface area contributed by atoms with Gasteiger partial charge in [0, 0.05) is 25.4 Å². The van der Waals surface area contributed by atoms with Gasteiger partial charge in [0.25, 0.3) is 0 Å². The second-order valence-corrected chi connectivity index (χ2v) is 6.93. The molecule has 0 aromatic heterocycles. The van der Waals surface area contributed by atoms with Gasteiger partial charge in [-0.2, -0.15) is 0 Å². The Balaban J connectivity index is 1.55. The molecule has 1 aromatic rings. The van der Waals surface area contributed by atoms with Crippen LogP contribution in [0.4, 0.5) is 0 Å². The molecule has 0 saturated carbocycles. The summed E-state index contributed by atoms with van der Waals surface area (Å²) in [5.41, 5.74) is 0.0251. The standard InChI is InChI=1S/C18H25NO4/c1-14(20)22-13-18(2)8-5-9-19(12-18)10-15-11-21-16-6-3-4-7-17(16)23-15/h3-4,6-7,15H,5,8-13H2,1-2H3. The number of esters is 1. The van der Waals surface area contributed by atoms with E-state index in [1.165, 1.54) is 6.92 Å². The van der Waals surface area contributed by atoms with Crippen LogP contribution in [0.3, 0.4) is 0 Å². The van der Waals surface area contributed by atoms with Gasteiger partial charge in [-0.05, 0) is 31.5 Å². The van der Waals surface area contributed by atoms with Gasteiger partial charge in [-0.1, -0.05) is 19.1 Å². The van der Waals surface area contributed by atoms with E-state index in [2.05, 4.69) is 11.8 Å². The quantitative estimate of drug-likeness (QED) is 0.798. The minimum atomic E-state index is -0.205. The van der Waals surface area contributed by atoms with Crippen LogP contribution in [0.2, 0.25) is 0 Å². The number of carbonyl (C=O) groups excluding carboxylic acids is 1. The highest BCUT2D eigenvalue weighted by Gasteiger charge is 2.34. The lowest BCUT2D eigenvalue weighted by Gasteiger charge is -2.41. The van der Waals surface area contributed by atoms with Crippen molar-refractivity contribution >= 4 is 5.97 Å². The Hall–Kier alpha value is -1.75. The van der Waals surface area contributed by atoms with E-state index in [4.69, 9.17) is 14.2 Å². The zero-order valence-corrected chi connectivity index (χ0v) is 13.9. The maximum atomic E-state index is 11.1. The molecule has 0 N–H and O–H groups in total. The first-order chi connectivity index (χ1) is 11.0. The number of nitrogens with zero attached hydrogens (tertiary/aromatic N) is 1. The van der Waals surface area contributed by atoms with E-state index >= 15 is 0 Å². The molecule has 23 heavy (non-hydrogen) atoms. The average Bonchev–Trinajstić information content (AvgIpc) is 2.53. The van der Waals surface area contributed by atoms with Gasteiger partial charge in [0.2, 0.25) is 0 Å². The third kappa shape index (κ3) is 4.16. The summed E-state index contributed by atoms with van der Waals surface area (Å²) in [6.45, 7) is 7.53. The number of likely N-dealkylation sites (tertiary alicyclic amines) is 1. The normalized spacial score (nSPS) is 27.5. The lowest BCUT2D eigenvalue weighted by atomic mass is 9.82. The molecule has 0 aliphatic carbocycles. The summed E-state index contributed by atoms with van der Waals surface area (Å²) in [6.07, 6.45) is 2.24. The van der Waals surface area contributed by atoms with Gasteiger partial charge < -0.3 is 14.2 Å². The monoisotopic (exact) mass is 319 g/mol. The van der Waals surface area contributed by atoms with Crippen molar-refractivity contribution in [1.29, 1.82) is 0 Å². The summed E-state index contributed by atoms with van der Waals surface area (Å²) in [5.74, 6) is 1.44. The number of piperidine rings is 1. The van der Waals surface area contributed by atoms with Crippen molar-refractivity contribution in [3.63, 3.8) is 0 Å². The van der Waals surface area contributed by atoms with Crippen LogP contribution >= 0.6 is 0 Å². The summed E-state index contributed by atoms with van der Waals surface area (Å²) >= 11 is 0. The van der Waals surface area contributed by atoms with Crippen molar-refractivity contribution in [2.45, 2.75) is 32.8 Å². The van der Waals surface area contributed by atoms with Gasteiger partial charge in [-0.25, -0.2) is 0 Å². The van der Waals surface area contributed by atoms with Gasteiger partial charge in [-0.3, -0.25) is 9.69 Å². The molecule has 126 valence electrons. The van der Waals surface area contributed by atoms with Crippen LogP contribution in [0.25, 0.3) is 0 Å². The smallest absolute Gasteiger partial charge is 0.302 e. The summed E-state index contributed by atoms with van der Waals surface area (Å²) in [4.78, 5) is 13.5. The molecule has 5 heteroatoms. The molecular weight excluding hydrogens is 294 g/mol. The van der Waals surface area contributed by atoms with Crippen molar-refractivity contribution in [3.05, 3.63) is 24.3 Å². The van der Waals surface area contributed by atoms with E-state index in [-0.39, 0.29) is 17.5 Å². The second kappa shape index (κ2) is 6.79. The highest BCUT2D eigenvalue weighted by atomic mass is 16.6. The van der Waals surface area contributed by atoms with Crippen molar-refractivity contribution in [3.8, 4) is 11.5 Å². The minimum absolute atomic E-state index is 0.0251. The molecule has 1 aromatic carbocycles. The fraction of sp³-hybridized carbons (Fsp3) is 0.611. The van der Waals surface area contributed by atoms with E-state index in [0.717, 1.165) is 44.0 Å². The van der Waals surface area contributed by atoms with Gasteiger partial charge in [0.05, 0.1) is 6.61 Å². The molecule has 0 amide bonds. The fourth-order valence-corrected chi connectivity index (χ4v) is 3.42. The SMILES string of the molecule is CC(=O)OCC1(C)CCCN(CC2COc3ccccc3O2)C1. The molecule has 1 saturated heterocycles.